The number of nitrogens with one attached hydrogen (secondary N) is 1. The smallest absolute Gasteiger partial charge is 0.244 e. The van der Waals surface area contributed by atoms with E-state index < -0.39 is 0 Å². The minimum atomic E-state index is -0.202. The molecule has 0 radical (unpaired) electrons. The van der Waals surface area contributed by atoms with Crippen LogP contribution < -0.4 is 14.8 Å². The van der Waals surface area contributed by atoms with Gasteiger partial charge in [-0.25, -0.2) is 0 Å². The van der Waals surface area contributed by atoms with Crippen LogP contribution in [0.25, 0.3) is 6.08 Å². The van der Waals surface area contributed by atoms with Gasteiger partial charge in [-0.1, -0.05) is 18.7 Å². The number of benzene rings is 1. The van der Waals surface area contributed by atoms with Gasteiger partial charge >= 0.3 is 0 Å². The fourth-order valence-electron chi connectivity index (χ4n) is 1.87. The summed E-state index contributed by atoms with van der Waals surface area (Å²) in [4.78, 5) is 11.8. The Morgan fingerprint density at radius 3 is 2.91 bits per heavy atom. The largest absolute Gasteiger partial charge is 0.493 e. The maximum absolute atomic E-state index is 11.8. The summed E-state index contributed by atoms with van der Waals surface area (Å²) in [7, 11) is 1.57. The van der Waals surface area contributed by atoms with E-state index in [1.54, 1.807) is 49.8 Å². The standard InChI is InChI=1S/C18H19NO4/c1-3-10-23-16-8-6-14(12-17(16)21-2)7-9-18(20)19-13-15-5-4-11-22-15/h3-9,11-12H,1,10,13H2,2H3,(H,19,20)/b9-7+. The van der Waals surface area contributed by atoms with Crippen molar-refractivity contribution in [2.45, 2.75) is 6.54 Å². The van der Waals surface area contributed by atoms with Crippen molar-refractivity contribution in [2.75, 3.05) is 13.7 Å². The van der Waals surface area contributed by atoms with Crippen LogP contribution in [0.1, 0.15) is 11.3 Å². The second kappa shape index (κ2) is 8.48. The van der Waals surface area contributed by atoms with Crippen molar-refractivity contribution >= 4 is 12.0 Å². The van der Waals surface area contributed by atoms with Crippen LogP contribution in [-0.4, -0.2) is 19.6 Å². The van der Waals surface area contributed by atoms with Crippen molar-refractivity contribution < 1.29 is 18.7 Å². The summed E-state index contributed by atoms with van der Waals surface area (Å²) in [5.41, 5.74) is 0.834. The van der Waals surface area contributed by atoms with Crippen LogP contribution in [0.2, 0.25) is 0 Å². The predicted octanol–water partition coefficient (Wildman–Crippen LogP) is 3.18. The van der Waals surface area contributed by atoms with Gasteiger partial charge in [0.25, 0.3) is 0 Å². The number of carbonyl (C=O) groups is 1. The van der Waals surface area contributed by atoms with Gasteiger partial charge in [-0.15, -0.1) is 0 Å². The zero-order valence-electron chi connectivity index (χ0n) is 13.0. The summed E-state index contributed by atoms with van der Waals surface area (Å²) in [6, 6.07) is 9.02. The molecule has 1 heterocycles. The van der Waals surface area contributed by atoms with Gasteiger partial charge in [0, 0.05) is 6.08 Å². The molecule has 23 heavy (non-hydrogen) atoms. The quantitative estimate of drug-likeness (QED) is 0.600. The molecule has 0 spiro atoms. The highest BCUT2D eigenvalue weighted by molar-refractivity contribution is 5.91. The first-order chi connectivity index (χ1) is 11.2. The average Bonchev–Trinajstić information content (AvgIpc) is 3.10. The Kier molecular flexibility index (Phi) is 6.06. The molecule has 1 N–H and O–H groups in total. The van der Waals surface area contributed by atoms with Gasteiger partial charge in [0.1, 0.15) is 12.4 Å². The van der Waals surface area contributed by atoms with E-state index in [2.05, 4.69) is 11.9 Å². The average molecular weight is 313 g/mol. The Hall–Kier alpha value is -2.95. The number of hydrogen-bond donors (Lipinski definition) is 1. The third kappa shape index (κ3) is 5.07. The van der Waals surface area contributed by atoms with Crippen molar-refractivity contribution in [1.82, 2.24) is 5.32 Å². The van der Waals surface area contributed by atoms with Crippen LogP contribution in [0.15, 0.2) is 59.7 Å². The zero-order valence-corrected chi connectivity index (χ0v) is 13.0. The molecule has 2 rings (SSSR count). The van der Waals surface area contributed by atoms with Gasteiger partial charge in [0.15, 0.2) is 11.5 Å². The lowest BCUT2D eigenvalue weighted by Gasteiger charge is -2.09. The van der Waals surface area contributed by atoms with E-state index in [4.69, 9.17) is 13.9 Å². The Balaban J connectivity index is 1.95. The van der Waals surface area contributed by atoms with Crippen LogP contribution in [-0.2, 0) is 11.3 Å². The van der Waals surface area contributed by atoms with E-state index >= 15 is 0 Å². The first kappa shape index (κ1) is 16.4. The molecular weight excluding hydrogens is 294 g/mol. The van der Waals surface area contributed by atoms with Crippen LogP contribution in [0, 0.1) is 0 Å². The molecule has 0 atom stereocenters. The van der Waals surface area contributed by atoms with Gasteiger partial charge in [0.2, 0.25) is 5.91 Å². The molecule has 2 aromatic rings. The molecule has 5 nitrogen and oxygen atoms in total. The van der Waals surface area contributed by atoms with E-state index in [1.807, 2.05) is 6.07 Å². The number of hydrogen-bond acceptors (Lipinski definition) is 4. The Bertz CT molecular complexity index is 674. The van der Waals surface area contributed by atoms with E-state index in [9.17, 15) is 4.79 Å². The molecule has 5 heteroatoms. The van der Waals surface area contributed by atoms with Gasteiger partial charge in [-0.3, -0.25) is 4.79 Å². The summed E-state index contributed by atoms with van der Waals surface area (Å²) in [5.74, 6) is 1.74. The summed E-state index contributed by atoms with van der Waals surface area (Å²) in [6.45, 7) is 4.36. The van der Waals surface area contributed by atoms with Crippen molar-refractivity contribution in [3.05, 3.63) is 66.6 Å². The first-order valence-corrected chi connectivity index (χ1v) is 7.13. The maximum atomic E-state index is 11.8. The molecule has 0 saturated heterocycles. The van der Waals surface area contributed by atoms with E-state index in [0.717, 1.165) is 5.56 Å². The molecule has 1 amide bonds. The van der Waals surface area contributed by atoms with Crippen molar-refractivity contribution in [3.63, 3.8) is 0 Å². The van der Waals surface area contributed by atoms with E-state index in [-0.39, 0.29) is 5.91 Å². The van der Waals surface area contributed by atoms with Gasteiger partial charge in [0.05, 0.1) is 19.9 Å². The third-order valence-corrected chi connectivity index (χ3v) is 2.99. The second-order valence-electron chi connectivity index (χ2n) is 4.64. The maximum Gasteiger partial charge on any atom is 0.244 e. The fraction of sp³-hybridized carbons (Fsp3) is 0.167. The molecule has 1 aromatic heterocycles. The van der Waals surface area contributed by atoms with Crippen LogP contribution in [0.5, 0.6) is 11.5 Å². The molecule has 1 aromatic carbocycles. The van der Waals surface area contributed by atoms with Crippen molar-refractivity contribution in [3.8, 4) is 11.5 Å². The highest BCUT2D eigenvalue weighted by Gasteiger charge is 2.04. The highest BCUT2D eigenvalue weighted by atomic mass is 16.5. The monoisotopic (exact) mass is 313 g/mol. The normalized spacial score (nSPS) is 10.5. The minimum Gasteiger partial charge on any atom is -0.493 e. The minimum absolute atomic E-state index is 0.202. The molecule has 0 unspecified atom stereocenters. The molecule has 0 aliphatic rings. The van der Waals surface area contributed by atoms with Gasteiger partial charge in [-0.2, -0.15) is 0 Å². The van der Waals surface area contributed by atoms with Crippen molar-refractivity contribution in [1.29, 1.82) is 0 Å². The molecule has 0 saturated carbocycles. The summed E-state index contributed by atoms with van der Waals surface area (Å²) in [6.07, 6.45) is 6.40. The Labute approximate surface area is 135 Å². The summed E-state index contributed by atoms with van der Waals surface area (Å²) >= 11 is 0. The zero-order chi connectivity index (χ0) is 16.5. The van der Waals surface area contributed by atoms with E-state index in [1.165, 1.54) is 6.08 Å². The Morgan fingerprint density at radius 2 is 2.22 bits per heavy atom. The number of amides is 1. The number of ether oxygens (including phenoxy) is 2. The molecule has 0 aliphatic carbocycles. The number of carbonyl (C=O) groups excluding carboxylic acids is 1. The molecule has 0 aliphatic heterocycles. The van der Waals surface area contributed by atoms with Crippen LogP contribution in [0.3, 0.4) is 0 Å². The van der Waals surface area contributed by atoms with Gasteiger partial charge < -0.3 is 19.2 Å². The lowest BCUT2D eigenvalue weighted by molar-refractivity contribution is -0.116. The SMILES string of the molecule is C=CCOc1ccc(/C=C/C(=O)NCc2ccco2)cc1OC. The lowest BCUT2D eigenvalue weighted by atomic mass is 10.2. The molecule has 0 bridgehead atoms. The Morgan fingerprint density at radius 1 is 1.35 bits per heavy atom. The number of rotatable bonds is 8. The van der Waals surface area contributed by atoms with Crippen LogP contribution >= 0.6 is 0 Å². The summed E-state index contributed by atoms with van der Waals surface area (Å²) < 4.78 is 15.9. The first-order valence-electron chi connectivity index (χ1n) is 7.13. The summed E-state index contributed by atoms with van der Waals surface area (Å²) in [5, 5.41) is 2.74. The fourth-order valence-corrected chi connectivity index (χ4v) is 1.87. The lowest BCUT2D eigenvalue weighted by Crippen LogP contribution is -2.19. The van der Waals surface area contributed by atoms with Crippen molar-refractivity contribution in [2.24, 2.45) is 0 Å². The number of methoxy groups -OCH3 is 1. The van der Waals surface area contributed by atoms with E-state index in [0.29, 0.717) is 30.4 Å². The van der Waals surface area contributed by atoms with Crippen LogP contribution in [0.4, 0.5) is 0 Å². The second-order valence-corrected chi connectivity index (χ2v) is 4.64. The molecule has 120 valence electrons. The molecule has 0 fully saturated rings. The van der Waals surface area contributed by atoms with Gasteiger partial charge in [-0.05, 0) is 35.9 Å². The third-order valence-electron chi connectivity index (χ3n) is 2.99. The number of furan rings is 1. The topological polar surface area (TPSA) is 60.7 Å². The predicted molar refractivity (Wildman–Crippen MR) is 88.3 cm³/mol. The molecular formula is C18H19NO4. The highest BCUT2D eigenvalue weighted by Crippen LogP contribution is 2.28.